The number of carbonyl (C=O) groups excluding carboxylic acids is 1. The number of amides is 1. The Morgan fingerprint density at radius 3 is 2.57 bits per heavy atom. The highest BCUT2D eigenvalue weighted by Gasteiger charge is 2.11. The minimum absolute atomic E-state index is 0.0702. The molecule has 3 nitrogen and oxygen atoms in total. The van der Waals surface area contributed by atoms with Crippen molar-refractivity contribution in [3.63, 3.8) is 0 Å². The fourth-order valence-electron chi connectivity index (χ4n) is 1.94. The van der Waals surface area contributed by atoms with Crippen molar-refractivity contribution in [1.82, 2.24) is 5.32 Å². The van der Waals surface area contributed by atoms with E-state index in [9.17, 15) is 9.18 Å². The Hall–Kier alpha value is -1.91. The molecule has 0 aliphatic rings. The first-order valence-electron chi connectivity index (χ1n) is 6.60. The lowest BCUT2D eigenvalue weighted by molar-refractivity contribution is -0.115. The molecule has 2 aromatic carbocycles. The molecule has 0 spiro atoms. The highest BCUT2D eigenvalue weighted by Crippen LogP contribution is 2.21. The van der Waals surface area contributed by atoms with E-state index in [2.05, 4.69) is 10.6 Å². The second-order valence-corrected chi connectivity index (χ2v) is 5.06. The second-order valence-electron chi connectivity index (χ2n) is 4.65. The monoisotopic (exact) mass is 306 g/mol. The summed E-state index contributed by atoms with van der Waals surface area (Å²) >= 11 is 6.09. The van der Waals surface area contributed by atoms with Crippen LogP contribution in [0.25, 0.3) is 0 Å². The molecule has 1 amide bonds. The van der Waals surface area contributed by atoms with Crippen LogP contribution in [-0.2, 0) is 4.79 Å². The molecule has 110 valence electrons. The van der Waals surface area contributed by atoms with Gasteiger partial charge in [-0.15, -0.1) is 0 Å². The van der Waals surface area contributed by atoms with E-state index in [1.165, 1.54) is 12.1 Å². The predicted molar refractivity (Wildman–Crippen MR) is 82.9 cm³/mol. The zero-order valence-corrected chi connectivity index (χ0v) is 12.3. The van der Waals surface area contributed by atoms with Crippen molar-refractivity contribution in [1.29, 1.82) is 0 Å². The maximum Gasteiger partial charge on any atom is 0.238 e. The van der Waals surface area contributed by atoms with Gasteiger partial charge in [-0.1, -0.05) is 41.9 Å². The lowest BCUT2D eigenvalue weighted by Gasteiger charge is -2.15. The summed E-state index contributed by atoms with van der Waals surface area (Å²) in [5, 5.41) is 6.23. The second kappa shape index (κ2) is 7.20. The Balaban J connectivity index is 1.90. The van der Waals surface area contributed by atoms with Crippen LogP contribution in [0.3, 0.4) is 0 Å². The molecule has 5 heteroatoms. The highest BCUT2D eigenvalue weighted by atomic mass is 35.5. The molecule has 0 saturated heterocycles. The third-order valence-corrected chi connectivity index (χ3v) is 3.43. The average molecular weight is 307 g/mol. The van der Waals surface area contributed by atoms with Crippen LogP contribution in [0.15, 0.2) is 48.5 Å². The van der Waals surface area contributed by atoms with Crippen LogP contribution < -0.4 is 10.6 Å². The van der Waals surface area contributed by atoms with Crippen LogP contribution in [0, 0.1) is 5.82 Å². The van der Waals surface area contributed by atoms with Crippen LogP contribution in [-0.4, -0.2) is 12.5 Å². The summed E-state index contributed by atoms with van der Waals surface area (Å²) in [5.74, 6) is -0.760. The molecule has 0 aliphatic heterocycles. The first kappa shape index (κ1) is 15.5. The van der Waals surface area contributed by atoms with Gasteiger partial charge in [0.05, 0.1) is 12.2 Å². The molecule has 21 heavy (non-hydrogen) atoms. The summed E-state index contributed by atoms with van der Waals surface area (Å²) in [5.41, 5.74) is 1.09. The van der Waals surface area contributed by atoms with Crippen molar-refractivity contribution in [2.45, 2.75) is 13.0 Å². The lowest BCUT2D eigenvalue weighted by Crippen LogP contribution is -2.30. The minimum Gasteiger partial charge on any atom is -0.322 e. The van der Waals surface area contributed by atoms with Crippen molar-refractivity contribution in [3.8, 4) is 0 Å². The van der Waals surface area contributed by atoms with Gasteiger partial charge in [0.15, 0.2) is 0 Å². The van der Waals surface area contributed by atoms with Crippen molar-refractivity contribution in [3.05, 3.63) is 64.9 Å². The fraction of sp³-hybridized carbons (Fsp3) is 0.188. The Morgan fingerprint density at radius 2 is 1.86 bits per heavy atom. The normalized spacial score (nSPS) is 12.0. The Bertz CT molecular complexity index is 633. The van der Waals surface area contributed by atoms with Crippen LogP contribution in [0.5, 0.6) is 0 Å². The zero-order valence-electron chi connectivity index (χ0n) is 11.6. The number of nitrogens with one attached hydrogen (secondary N) is 2. The molecule has 0 saturated carbocycles. The maximum absolute atomic E-state index is 13.4. The molecule has 0 bridgehead atoms. The van der Waals surface area contributed by atoms with Gasteiger partial charge in [-0.3, -0.25) is 4.79 Å². The van der Waals surface area contributed by atoms with Gasteiger partial charge in [-0.25, -0.2) is 4.39 Å². The number of carbonyl (C=O) groups is 1. The van der Waals surface area contributed by atoms with Gasteiger partial charge in [-0.05, 0) is 30.7 Å². The van der Waals surface area contributed by atoms with E-state index in [1.54, 1.807) is 18.2 Å². The van der Waals surface area contributed by atoms with Crippen molar-refractivity contribution >= 4 is 23.2 Å². The summed E-state index contributed by atoms with van der Waals surface area (Å²) in [4.78, 5) is 11.8. The van der Waals surface area contributed by atoms with E-state index in [4.69, 9.17) is 11.6 Å². The van der Waals surface area contributed by atoms with Gasteiger partial charge >= 0.3 is 0 Å². The molecule has 2 aromatic rings. The SMILES string of the molecule is CC(NCC(=O)Nc1ccccc1F)c1ccccc1Cl. The third-order valence-electron chi connectivity index (χ3n) is 3.09. The first-order valence-corrected chi connectivity index (χ1v) is 6.98. The minimum atomic E-state index is -0.454. The Kier molecular flexibility index (Phi) is 5.31. The van der Waals surface area contributed by atoms with E-state index in [0.29, 0.717) is 5.02 Å². The molecule has 0 heterocycles. The molecular weight excluding hydrogens is 291 g/mol. The van der Waals surface area contributed by atoms with Crippen LogP contribution >= 0.6 is 11.6 Å². The van der Waals surface area contributed by atoms with Gasteiger partial charge in [0.1, 0.15) is 5.82 Å². The number of para-hydroxylation sites is 1. The molecule has 0 aromatic heterocycles. The summed E-state index contributed by atoms with van der Waals surface area (Å²) in [6.45, 7) is 1.98. The van der Waals surface area contributed by atoms with E-state index < -0.39 is 5.82 Å². The standard InChI is InChI=1S/C16H16ClFN2O/c1-11(12-6-2-3-7-13(12)17)19-10-16(21)20-15-9-5-4-8-14(15)18/h2-9,11,19H,10H2,1H3,(H,20,21). The number of rotatable bonds is 5. The van der Waals surface area contributed by atoms with Gasteiger partial charge < -0.3 is 10.6 Å². The Labute approximate surface area is 128 Å². The molecule has 2 rings (SSSR count). The molecule has 0 fully saturated rings. The van der Waals surface area contributed by atoms with Crippen LogP contribution in [0.4, 0.5) is 10.1 Å². The fourth-order valence-corrected chi connectivity index (χ4v) is 2.24. The van der Waals surface area contributed by atoms with Gasteiger partial charge in [-0.2, -0.15) is 0 Å². The maximum atomic E-state index is 13.4. The number of hydrogen-bond donors (Lipinski definition) is 2. The molecule has 0 radical (unpaired) electrons. The topological polar surface area (TPSA) is 41.1 Å². The van der Waals surface area contributed by atoms with Crippen LogP contribution in [0.1, 0.15) is 18.5 Å². The zero-order chi connectivity index (χ0) is 15.2. The van der Waals surface area contributed by atoms with E-state index in [0.717, 1.165) is 5.56 Å². The van der Waals surface area contributed by atoms with Crippen LogP contribution in [0.2, 0.25) is 5.02 Å². The summed E-state index contributed by atoms with van der Waals surface area (Å²) < 4.78 is 13.4. The predicted octanol–water partition coefficient (Wildman–Crippen LogP) is 3.77. The highest BCUT2D eigenvalue weighted by molar-refractivity contribution is 6.31. The van der Waals surface area contributed by atoms with Gasteiger partial charge in [0.25, 0.3) is 0 Å². The molecule has 0 aliphatic carbocycles. The Morgan fingerprint density at radius 1 is 1.19 bits per heavy atom. The number of anilines is 1. The van der Waals surface area contributed by atoms with E-state index >= 15 is 0 Å². The number of hydrogen-bond acceptors (Lipinski definition) is 2. The first-order chi connectivity index (χ1) is 10.1. The summed E-state index contributed by atoms with van der Waals surface area (Å²) in [6.07, 6.45) is 0. The smallest absolute Gasteiger partial charge is 0.238 e. The summed E-state index contributed by atoms with van der Waals surface area (Å²) in [7, 11) is 0. The van der Waals surface area contributed by atoms with Gasteiger partial charge in [0.2, 0.25) is 5.91 Å². The average Bonchev–Trinajstić information content (AvgIpc) is 2.48. The largest absolute Gasteiger partial charge is 0.322 e. The number of benzene rings is 2. The van der Waals surface area contributed by atoms with Gasteiger partial charge in [0, 0.05) is 11.1 Å². The van der Waals surface area contributed by atoms with Crippen molar-refractivity contribution in [2.75, 3.05) is 11.9 Å². The van der Waals surface area contributed by atoms with E-state index in [1.807, 2.05) is 25.1 Å². The molecule has 2 N–H and O–H groups in total. The van der Waals surface area contributed by atoms with Crippen molar-refractivity contribution in [2.24, 2.45) is 0 Å². The quantitative estimate of drug-likeness (QED) is 0.883. The van der Waals surface area contributed by atoms with E-state index in [-0.39, 0.29) is 24.2 Å². The lowest BCUT2D eigenvalue weighted by atomic mass is 10.1. The molecule has 1 unspecified atom stereocenters. The number of halogens is 2. The molecule has 1 atom stereocenters. The van der Waals surface area contributed by atoms with Crippen molar-refractivity contribution < 1.29 is 9.18 Å². The summed E-state index contributed by atoms with van der Waals surface area (Å²) in [6, 6.07) is 13.4. The third kappa shape index (κ3) is 4.28. The molecular formula is C16H16ClFN2O.